The molecule has 6 rings (SSSR count). The van der Waals surface area contributed by atoms with Crippen LogP contribution in [-0.2, 0) is 20.9 Å². The van der Waals surface area contributed by atoms with E-state index in [0.717, 1.165) is 16.0 Å². The summed E-state index contributed by atoms with van der Waals surface area (Å²) in [7, 11) is 0. The summed E-state index contributed by atoms with van der Waals surface area (Å²) in [4.78, 5) is 74.5. The Morgan fingerprint density at radius 1 is 0.733 bits per heavy atom. The van der Waals surface area contributed by atoms with Gasteiger partial charge in [0.05, 0.1) is 17.7 Å². The lowest BCUT2D eigenvalue weighted by Crippen LogP contribution is -2.60. The maximum Gasteiger partial charge on any atom is 0.285 e. The Balaban J connectivity index is 0.000000178. The number of nitrogens with one attached hydrogen (secondary N) is 2. The van der Waals surface area contributed by atoms with Crippen molar-refractivity contribution in [3.63, 3.8) is 0 Å². The van der Waals surface area contributed by atoms with Crippen LogP contribution >= 0.6 is 0 Å². The minimum Gasteiger partial charge on any atom is -0.326 e. The van der Waals surface area contributed by atoms with E-state index in [4.69, 9.17) is 0 Å². The number of hydrogen-bond acceptors (Lipinski definition) is 6. The van der Waals surface area contributed by atoms with Gasteiger partial charge in [-0.1, -0.05) is 58.5 Å². The summed E-state index contributed by atoms with van der Waals surface area (Å²) in [5.74, 6) is -9.53. The highest BCUT2D eigenvalue weighted by molar-refractivity contribution is 6.24. The summed E-state index contributed by atoms with van der Waals surface area (Å²) in [6, 6.07) is 10.2. The zero-order valence-electron chi connectivity index (χ0n) is 25.5. The number of halogens is 2. The number of carbonyl (C=O) groups is 6. The van der Waals surface area contributed by atoms with Crippen LogP contribution in [0.25, 0.3) is 0 Å². The van der Waals surface area contributed by atoms with Crippen molar-refractivity contribution in [3.05, 3.63) is 82.1 Å². The largest absolute Gasteiger partial charge is 0.326 e. The third-order valence-corrected chi connectivity index (χ3v) is 8.66. The molecule has 2 aromatic rings. The van der Waals surface area contributed by atoms with E-state index in [1.165, 1.54) is 6.07 Å². The SMILES string of the molecule is C=C1CCC(F)(N2C(=O)c3cccc(C(C)C)c3C2=O)C(=O)N1.CC(C)c1cccc2c1CN(C1(F)CCC(=O)NC1=O)C2=O. The first-order valence-corrected chi connectivity index (χ1v) is 14.8. The van der Waals surface area contributed by atoms with Crippen molar-refractivity contribution in [3.8, 4) is 0 Å². The molecule has 45 heavy (non-hydrogen) atoms. The molecule has 0 spiro atoms. The van der Waals surface area contributed by atoms with Crippen LogP contribution in [0.3, 0.4) is 0 Å². The van der Waals surface area contributed by atoms with E-state index < -0.39 is 47.0 Å². The molecule has 2 unspecified atom stereocenters. The topological polar surface area (TPSA) is 133 Å². The van der Waals surface area contributed by atoms with Crippen LogP contribution in [0.1, 0.15) is 113 Å². The van der Waals surface area contributed by atoms with Gasteiger partial charge in [-0.25, -0.2) is 13.7 Å². The monoisotopic (exact) mass is 620 g/mol. The fourth-order valence-electron chi connectivity index (χ4n) is 6.20. The van der Waals surface area contributed by atoms with Crippen LogP contribution in [0.2, 0.25) is 0 Å². The highest BCUT2D eigenvalue weighted by Crippen LogP contribution is 2.40. The van der Waals surface area contributed by atoms with Crippen molar-refractivity contribution >= 4 is 35.4 Å². The summed E-state index contributed by atoms with van der Waals surface area (Å²) in [5, 5.41) is 4.28. The molecule has 236 valence electrons. The summed E-state index contributed by atoms with van der Waals surface area (Å²) < 4.78 is 30.4. The van der Waals surface area contributed by atoms with Crippen LogP contribution < -0.4 is 10.6 Å². The van der Waals surface area contributed by atoms with Crippen LogP contribution in [0.4, 0.5) is 8.78 Å². The number of fused-ring (bicyclic) bond motifs is 2. The lowest BCUT2D eigenvalue weighted by molar-refractivity contribution is -0.154. The van der Waals surface area contributed by atoms with E-state index in [1.807, 2.05) is 39.1 Å². The molecule has 0 aromatic heterocycles. The number of allylic oxidation sites excluding steroid dienone is 1. The van der Waals surface area contributed by atoms with E-state index >= 15 is 8.78 Å². The molecule has 0 saturated carbocycles. The second kappa shape index (κ2) is 11.3. The van der Waals surface area contributed by atoms with Gasteiger partial charge in [0.1, 0.15) is 0 Å². The van der Waals surface area contributed by atoms with Gasteiger partial charge in [-0.3, -0.25) is 39.0 Å². The van der Waals surface area contributed by atoms with Crippen molar-refractivity contribution in [1.82, 2.24) is 20.4 Å². The Morgan fingerprint density at radius 2 is 1.31 bits per heavy atom. The quantitative estimate of drug-likeness (QED) is 0.386. The predicted molar refractivity (Wildman–Crippen MR) is 158 cm³/mol. The van der Waals surface area contributed by atoms with Crippen LogP contribution in [0.15, 0.2) is 48.7 Å². The number of alkyl halides is 2. The highest BCUT2D eigenvalue weighted by Gasteiger charge is 2.56. The molecule has 2 saturated heterocycles. The fourth-order valence-corrected chi connectivity index (χ4v) is 6.20. The number of nitrogens with zero attached hydrogens (tertiary/aromatic N) is 2. The van der Waals surface area contributed by atoms with Gasteiger partial charge >= 0.3 is 0 Å². The average Bonchev–Trinajstić information content (AvgIpc) is 3.47. The second-order valence-electron chi connectivity index (χ2n) is 12.2. The molecule has 10 nitrogen and oxygen atoms in total. The predicted octanol–water partition coefficient (Wildman–Crippen LogP) is 4.36. The van der Waals surface area contributed by atoms with Gasteiger partial charge in [0.15, 0.2) is 0 Å². The van der Waals surface area contributed by atoms with Gasteiger partial charge in [0.2, 0.25) is 5.91 Å². The third kappa shape index (κ3) is 5.11. The third-order valence-electron chi connectivity index (χ3n) is 8.66. The summed E-state index contributed by atoms with van der Waals surface area (Å²) in [6.45, 7) is 11.4. The number of benzene rings is 2. The van der Waals surface area contributed by atoms with Crippen molar-refractivity contribution in [2.24, 2.45) is 0 Å². The van der Waals surface area contributed by atoms with Gasteiger partial charge in [-0.05, 0) is 47.1 Å². The van der Waals surface area contributed by atoms with Crippen LogP contribution in [-0.4, -0.2) is 56.8 Å². The minimum absolute atomic E-state index is 0.00262. The number of hydrogen-bond donors (Lipinski definition) is 2. The molecule has 0 aliphatic carbocycles. The first-order chi connectivity index (χ1) is 21.1. The van der Waals surface area contributed by atoms with Crippen LogP contribution in [0, 0.1) is 0 Å². The van der Waals surface area contributed by atoms with Gasteiger partial charge in [0, 0.05) is 30.5 Å². The number of carbonyl (C=O) groups excluding carboxylic acids is 6. The highest BCUT2D eigenvalue weighted by atomic mass is 19.2. The van der Waals surface area contributed by atoms with Gasteiger partial charge in [-0.2, -0.15) is 0 Å². The Kier molecular flexibility index (Phi) is 7.97. The Morgan fingerprint density at radius 3 is 1.91 bits per heavy atom. The lowest BCUT2D eigenvalue weighted by atomic mass is 9.94. The molecular weight excluding hydrogens is 586 g/mol. The molecular formula is C33H34F2N4O6. The van der Waals surface area contributed by atoms with E-state index in [-0.39, 0.29) is 55.2 Å². The molecule has 6 amide bonds. The van der Waals surface area contributed by atoms with E-state index in [9.17, 15) is 28.8 Å². The van der Waals surface area contributed by atoms with Crippen molar-refractivity contribution in [2.45, 2.75) is 83.3 Å². The summed E-state index contributed by atoms with van der Waals surface area (Å²) in [6.07, 6.45) is -0.513. The number of rotatable bonds is 4. The standard InChI is InChI=1S/C17H17FN2O3.C16H17FN2O3/c1-9(2)11-5-4-6-12-13(11)15(22)20(14(12)21)17(18)8-7-10(3)19-16(17)23;1-9(2)10-4-3-5-11-12(10)8-19(14(11)21)16(17)7-6-13(20)18-15(16)22/h4-6,9H,3,7-8H2,1-2H3,(H,19,23);3-5,9H,6-8H2,1-2H3,(H,18,20,22). The number of imide groups is 2. The van der Waals surface area contributed by atoms with E-state index in [1.54, 1.807) is 24.3 Å². The Bertz CT molecular complexity index is 1690. The molecule has 0 bridgehead atoms. The zero-order valence-corrected chi connectivity index (χ0v) is 25.5. The maximum atomic E-state index is 15.3. The second-order valence-corrected chi connectivity index (χ2v) is 12.2. The van der Waals surface area contributed by atoms with Crippen molar-refractivity contribution < 1.29 is 37.5 Å². The maximum absolute atomic E-state index is 15.3. The molecule has 2 N–H and O–H groups in total. The van der Waals surface area contributed by atoms with E-state index in [0.29, 0.717) is 21.7 Å². The average molecular weight is 621 g/mol. The molecule has 2 fully saturated rings. The first-order valence-electron chi connectivity index (χ1n) is 14.8. The normalized spacial score (nSPS) is 24.5. The smallest absolute Gasteiger partial charge is 0.285 e. The van der Waals surface area contributed by atoms with Crippen molar-refractivity contribution in [2.75, 3.05) is 0 Å². The van der Waals surface area contributed by atoms with Gasteiger partial charge in [-0.15, -0.1) is 0 Å². The number of piperidine rings is 2. The molecule has 2 aromatic carbocycles. The minimum atomic E-state index is -2.68. The molecule has 4 heterocycles. The number of amides is 6. The van der Waals surface area contributed by atoms with Gasteiger partial charge < -0.3 is 5.32 Å². The summed E-state index contributed by atoms with van der Waals surface area (Å²) >= 11 is 0. The fraction of sp³-hybridized carbons (Fsp3) is 0.394. The summed E-state index contributed by atoms with van der Waals surface area (Å²) in [5.41, 5.74) is 3.58. The molecule has 2 atom stereocenters. The van der Waals surface area contributed by atoms with Gasteiger partial charge in [0.25, 0.3) is 41.1 Å². The molecule has 0 radical (unpaired) electrons. The van der Waals surface area contributed by atoms with E-state index in [2.05, 4.69) is 11.9 Å². The molecule has 12 heteroatoms. The van der Waals surface area contributed by atoms with Crippen LogP contribution in [0.5, 0.6) is 0 Å². The Labute approximate surface area is 258 Å². The zero-order chi connectivity index (χ0) is 33.0. The molecule has 4 aliphatic rings. The van der Waals surface area contributed by atoms with Crippen molar-refractivity contribution in [1.29, 1.82) is 0 Å². The molecule has 4 aliphatic heterocycles. The lowest BCUT2D eigenvalue weighted by Gasteiger charge is -2.35. The first kappa shape index (κ1) is 31.7. The Hall–Kier alpha value is -4.74.